The molecule has 0 aromatic heterocycles. The van der Waals surface area contributed by atoms with Gasteiger partial charge in [0.1, 0.15) is 29.3 Å². The number of ether oxygens (including phenoxy) is 2. The second kappa shape index (κ2) is 14.9. The zero-order valence-electron chi connectivity index (χ0n) is 29.6. The van der Waals surface area contributed by atoms with Crippen molar-refractivity contribution in [2.24, 2.45) is 5.92 Å². The molecular formula is C35H47ClN6O9S. The van der Waals surface area contributed by atoms with Crippen molar-refractivity contribution in [1.29, 1.82) is 0 Å². The Balaban J connectivity index is 1.24. The molecule has 284 valence electrons. The largest absolute Gasteiger partial charge is 0.444 e. The Bertz CT molecular complexity index is 1750. The standard InChI is InChI=1S/C35H47ClN6O9S/c1-34(2,3)51-32(46)37-27-13-8-6-4-5-7-11-22-17-35(22,31(45)40-52(48,49)39-23-14-15-23)38-29(43)28-16-24(19-42(28)30(27)44)50-33(47)41-18-21-10-9-12-26(36)25(21)20-41/h7,9-12,22-24,27-28,39H,4-6,8,13-20H2,1-3H3,(H,37,46)(H,38,43)(H,40,45)/t22-,24-,27+,28+,35-/m1/s1. The Hall–Kier alpha value is -3.89. The number of nitrogens with one attached hydrogen (secondary N) is 4. The van der Waals surface area contributed by atoms with Crippen molar-refractivity contribution in [1.82, 2.24) is 29.9 Å². The molecule has 1 saturated heterocycles. The fraction of sp³-hybridized carbons (Fsp3) is 0.629. The third-order valence-corrected chi connectivity index (χ3v) is 11.4. The molecule has 5 aliphatic rings. The van der Waals surface area contributed by atoms with E-state index in [1.54, 1.807) is 32.9 Å². The summed E-state index contributed by atoms with van der Waals surface area (Å²) in [6.45, 7) is 5.47. The molecule has 3 aliphatic heterocycles. The summed E-state index contributed by atoms with van der Waals surface area (Å²) in [7, 11) is -4.18. The van der Waals surface area contributed by atoms with Gasteiger partial charge in [0.05, 0.1) is 13.1 Å². The molecule has 0 bridgehead atoms. The summed E-state index contributed by atoms with van der Waals surface area (Å²) >= 11 is 6.35. The molecule has 5 amide bonds. The lowest BCUT2D eigenvalue weighted by Crippen LogP contribution is -2.59. The van der Waals surface area contributed by atoms with Crippen LogP contribution >= 0.6 is 11.6 Å². The third-order valence-electron chi connectivity index (χ3n) is 9.91. The molecule has 15 nitrogen and oxygen atoms in total. The molecular weight excluding hydrogens is 716 g/mol. The summed E-state index contributed by atoms with van der Waals surface area (Å²) in [5, 5.41) is 6.01. The van der Waals surface area contributed by atoms with Gasteiger partial charge in [-0.1, -0.05) is 48.7 Å². The molecule has 6 rings (SSSR count). The lowest BCUT2D eigenvalue weighted by Gasteiger charge is -2.30. The Labute approximate surface area is 308 Å². The highest BCUT2D eigenvalue weighted by atomic mass is 35.5. The van der Waals surface area contributed by atoms with Crippen LogP contribution in [0.5, 0.6) is 0 Å². The molecule has 2 saturated carbocycles. The summed E-state index contributed by atoms with van der Waals surface area (Å²) in [6, 6.07) is 2.92. The average Bonchev–Trinajstić information content (AvgIpc) is 3.88. The van der Waals surface area contributed by atoms with Crippen LogP contribution in [0.4, 0.5) is 9.59 Å². The molecule has 52 heavy (non-hydrogen) atoms. The number of alkyl carbamates (subject to hydrolysis) is 1. The van der Waals surface area contributed by atoms with Crippen LogP contribution in [0.3, 0.4) is 0 Å². The maximum atomic E-state index is 14.3. The Morgan fingerprint density at radius 1 is 1.06 bits per heavy atom. The number of fused-ring (bicyclic) bond motifs is 3. The van der Waals surface area contributed by atoms with E-state index in [1.165, 1.54) is 9.80 Å². The van der Waals surface area contributed by atoms with Gasteiger partial charge in [-0.25, -0.2) is 14.3 Å². The van der Waals surface area contributed by atoms with Crippen LogP contribution in [0.25, 0.3) is 0 Å². The van der Waals surface area contributed by atoms with Crippen molar-refractivity contribution >= 4 is 51.7 Å². The molecule has 0 radical (unpaired) electrons. The Morgan fingerprint density at radius 2 is 1.83 bits per heavy atom. The van der Waals surface area contributed by atoms with Gasteiger partial charge in [-0.2, -0.15) is 13.1 Å². The van der Waals surface area contributed by atoms with Gasteiger partial charge in [0.15, 0.2) is 0 Å². The number of nitrogens with zero attached hydrogens (tertiary/aromatic N) is 2. The van der Waals surface area contributed by atoms with E-state index < -0.39 is 75.4 Å². The first kappa shape index (κ1) is 37.9. The lowest BCUT2D eigenvalue weighted by molar-refractivity contribution is -0.141. The van der Waals surface area contributed by atoms with Gasteiger partial charge in [-0.15, -0.1) is 0 Å². The van der Waals surface area contributed by atoms with E-state index >= 15 is 0 Å². The van der Waals surface area contributed by atoms with Gasteiger partial charge in [0.25, 0.3) is 5.91 Å². The normalized spacial score (nSPS) is 28.0. The highest BCUT2D eigenvalue weighted by Gasteiger charge is 2.62. The minimum atomic E-state index is -4.18. The number of benzene rings is 1. The van der Waals surface area contributed by atoms with Crippen molar-refractivity contribution in [3.05, 3.63) is 46.5 Å². The molecule has 0 spiro atoms. The molecule has 0 unspecified atom stereocenters. The van der Waals surface area contributed by atoms with Gasteiger partial charge >= 0.3 is 22.4 Å². The highest BCUT2D eigenvalue weighted by molar-refractivity contribution is 7.88. The Morgan fingerprint density at radius 3 is 2.54 bits per heavy atom. The maximum absolute atomic E-state index is 14.3. The average molecular weight is 763 g/mol. The first-order valence-electron chi connectivity index (χ1n) is 17.9. The molecule has 1 aromatic rings. The SMILES string of the molecule is CC(C)(C)OC(=O)N[C@H]1CCCCCC=C[C@@H]2C[C@@]2(C(=O)NS(=O)(=O)NC2CC2)NC(=O)[C@@H]2C[C@@H](OC(=O)N3Cc4cccc(Cl)c4C3)CN2C1=O. The van der Waals surface area contributed by atoms with Gasteiger partial charge in [0, 0.05) is 29.9 Å². The van der Waals surface area contributed by atoms with Gasteiger partial charge < -0.3 is 25.0 Å². The number of rotatable bonds is 6. The molecule has 1 aromatic carbocycles. The van der Waals surface area contributed by atoms with Crippen LogP contribution in [0, 0.1) is 5.92 Å². The van der Waals surface area contributed by atoms with Crippen molar-refractivity contribution in [3.63, 3.8) is 0 Å². The predicted molar refractivity (Wildman–Crippen MR) is 189 cm³/mol. The monoisotopic (exact) mass is 762 g/mol. The second-order valence-electron chi connectivity index (χ2n) is 15.3. The maximum Gasteiger partial charge on any atom is 0.410 e. The van der Waals surface area contributed by atoms with Crippen molar-refractivity contribution < 1.29 is 41.9 Å². The number of carbonyl (C=O) groups excluding carboxylic acids is 5. The first-order valence-corrected chi connectivity index (χ1v) is 19.7. The van der Waals surface area contributed by atoms with Crippen LogP contribution < -0.4 is 20.1 Å². The fourth-order valence-electron chi connectivity index (χ4n) is 7.01. The first-order chi connectivity index (χ1) is 24.5. The number of hydrogen-bond donors (Lipinski definition) is 4. The second-order valence-corrected chi connectivity index (χ2v) is 17.2. The molecule has 4 N–H and O–H groups in total. The fourth-order valence-corrected chi connectivity index (χ4v) is 8.42. The van der Waals surface area contributed by atoms with E-state index in [0.717, 1.165) is 24.0 Å². The number of halogens is 1. The van der Waals surface area contributed by atoms with E-state index in [-0.39, 0.29) is 44.9 Å². The summed E-state index contributed by atoms with van der Waals surface area (Å²) in [5.41, 5.74) is -0.702. The smallest absolute Gasteiger partial charge is 0.410 e. The van der Waals surface area contributed by atoms with Crippen molar-refractivity contribution in [3.8, 4) is 0 Å². The van der Waals surface area contributed by atoms with Crippen LogP contribution in [-0.2, 0) is 47.2 Å². The zero-order valence-corrected chi connectivity index (χ0v) is 31.2. The van der Waals surface area contributed by atoms with Crippen molar-refractivity contribution in [2.45, 2.75) is 127 Å². The molecule has 3 heterocycles. The zero-order chi connectivity index (χ0) is 37.4. The van der Waals surface area contributed by atoms with Crippen molar-refractivity contribution in [2.75, 3.05) is 6.54 Å². The Kier molecular flexibility index (Phi) is 10.8. The minimum Gasteiger partial charge on any atom is -0.444 e. The van der Waals surface area contributed by atoms with E-state index in [9.17, 15) is 32.4 Å². The summed E-state index contributed by atoms with van der Waals surface area (Å²) in [6.07, 6.45) is 5.79. The van der Waals surface area contributed by atoms with E-state index in [2.05, 4.69) is 20.1 Å². The van der Waals surface area contributed by atoms with Gasteiger partial charge in [0.2, 0.25) is 11.8 Å². The summed E-state index contributed by atoms with van der Waals surface area (Å²) in [4.78, 5) is 71.2. The molecule has 3 fully saturated rings. The van der Waals surface area contributed by atoms with Crippen LogP contribution in [0.15, 0.2) is 30.4 Å². The van der Waals surface area contributed by atoms with Gasteiger partial charge in [-0.05, 0) is 76.5 Å². The molecule has 17 heteroatoms. The van der Waals surface area contributed by atoms with E-state index in [0.29, 0.717) is 30.7 Å². The summed E-state index contributed by atoms with van der Waals surface area (Å²) < 4.78 is 41.3. The van der Waals surface area contributed by atoms with Crippen LogP contribution in [0.1, 0.15) is 89.7 Å². The number of allylic oxidation sites excluding steroid dienone is 1. The number of hydrogen-bond acceptors (Lipinski definition) is 9. The van der Waals surface area contributed by atoms with E-state index in [4.69, 9.17) is 21.1 Å². The van der Waals surface area contributed by atoms with E-state index in [1.807, 2.05) is 18.2 Å². The highest BCUT2D eigenvalue weighted by Crippen LogP contribution is 2.46. The lowest BCUT2D eigenvalue weighted by atomic mass is 10.0. The third kappa shape index (κ3) is 9.00. The number of amides is 5. The predicted octanol–water partition coefficient (Wildman–Crippen LogP) is 3.16. The molecule has 2 aliphatic carbocycles. The van der Waals surface area contributed by atoms with Crippen LogP contribution in [0.2, 0.25) is 5.02 Å². The summed E-state index contributed by atoms with van der Waals surface area (Å²) in [5.74, 6) is -2.65. The van der Waals surface area contributed by atoms with Crippen LogP contribution in [-0.4, -0.2) is 90.0 Å². The number of carbonyl (C=O) groups is 5. The minimum absolute atomic E-state index is 0.0935. The van der Waals surface area contributed by atoms with Gasteiger partial charge in [-0.3, -0.25) is 19.3 Å². The molecule has 5 atom stereocenters. The quantitative estimate of drug-likeness (QED) is 0.315. The topological polar surface area (TPSA) is 193 Å².